The summed E-state index contributed by atoms with van der Waals surface area (Å²) in [5, 5.41) is 3.99. The monoisotopic (exact) mass is 253 g/mol. The van der Waals surface area contributed by atoms with Gasteiger partial charge in [0.05, 0.1) is 10.6 Å². The van der Waals surface area contributed by atoms with Gasteiger partial charge in [-0.25, -0.2) is 4.98 Å². The summed E-state index contributed by atoms with van der Waals surface area (Å²) >= 11 is 7.81. The van der Waals surface area contributed by atoms with Crippen molar-refractivity contribution in [3.8, 4) is 0 Å². The van der Waals surface area contributed by atoms with Gasteiger partial charge in [-0.05, 0) is 36.8 Å². The zero-order valence-corrected chi connectivity index (χ0v) is 10.4. The summed E-state index contributed by atoms with van der Waals surface area (Å²) in [6, 6.07) is 0. The van der Waals surface area contributed by atoms with Crippen LogP contribution in [0.4, 0.5) is 5.82 Å². The Balaban J connectivity index is 1.71. The Morgan fingerprint density at radius 1 is 1.31 bits per heavy atom. The zero-order chi connectivity index (χ0) is 10.8. The van der Waals surface area contributed by atoms with E-state index in [4.69, 9.17) is 11.6 Å². The number of halogens is 1. The Hall–Kier alpha value is -0.480. The number of hydrogen-bond donors (Lipinski definition) is 1. The van der Waals surface area contributed by atoms with Gasteiger partial charge >= 0.3 is 0 Å². The summed E-state index contributed by atoms with van der Waals surface area (Å²) in [6.45, 7) is 0. The van der Waals surface area contributed by atoms with Crippen molar-refractivity contribution in [3.63, 3.8) is 0 Å². The van der Waals surface area contributed by atoms with Crippen molar-refractivity contribution in [2.45, 2.75) is 36.1 Å². The van der Waals surface area contributed by atoms with Crippen molar-refractivity contribution in [1.29, 1.82) is 0 Å². The molecule has 1 N–H and O–H groups in total. The molecule has 0 unspecified atom stereocenters. The lowest BCUT2D eigenvalue weighted by atomic mass is 9.50. The summed E-state index contributed by atoms with van der Waals surface area (Å²) in [4.78, 5) is 9.88. The van der Waals surface area contributed by atoms with Crippen molar-refractivity contribution in [2.75, 3.05) is 11.1 Å². The van der Waals surface area contributed by atoms with E-state index in [9.17, 15) is 0 Å². The van der Waals surface area contributed by atoms with E-state index in [1.54, 1.807) is 0 Å². The van der Waals surface area contributed by atoms with Gasteiger partial charge < -0.3 is 5.32 Å². The number of nitrogens with one attached hydrogen (secondary N) is 1. The van der Waals surface area contributed by atoms with E-state index < -0.39 is 0 Å². The minimum atomic E-state index is 0.360. The molecule has 3 saturated carbocycles. The number of anilines is 1. The smallest absolute Gasteiger partial charge is 0.224 e. The molecule has 0 aromatic carbocycles. The number of hydrogen-bond acceptors (Lipinski definition) is 4. The van der Waals surface area contributed by atoms with Gasteiger partial charge in [-0.15, -0.1) is 11.8 Å². The number of nitrogens with zero attached hydrogens (tertiary/aromatic N) is 2. The first-order valence-electron chi connectivity index (χ1n) is 5.72. The van der Waals surface area contributed by atoms with Crippen molar-refractivity contribution >= 4 is 29.2 Å². The predicted molar refractivity (Wildman–Crippen MR) is 65.2 cm³/mol. The largest absolute Gasteiger partial charge is 0.364 e. The van der Waals surface area contributed by atoms with Crippen LogP contribution in [0, 0.1) is 5.92 Å². The predicted octanol–water partition coefficient (Wildman–Crippen LogP) is 2.74. The maximum Gasteiger partial charge on any atom is 0.224 e. The van der Waals surface area contributed by atoms with Gasteiger partial charge in [0, 0.05) is 17.7 Å². The molecule has 84 valence electrons. The van der Waals surface area contributed by atoms with E-state index in [1.165, 1.54) is 24.2 Å². The number of rotatable bonds is 2. The molecule has 3 fully saturated rings. The number of thioether (sulfide) groups is 1. The SMILES string of the molecule is Clc1nc2c(c(NC34CC(C3)C4)n1)SCC2. The van der Waals surface area contributed by atoms with E-state index in [0.717, 1.165) is 29.6 Å². The van der Waals surface area contributed by atoms with E-state index in [2.05, 4.69) is 15.3 Å². The fraction of sp³-hybridized carbons (Fsp3) is 0.636. The van der Waals surface area contributed by atoms with Crippen LogP contribution in [0.1, 0.15) is 25.0 Å². The second-order valence-electron chi connectivity index (χ2n) is 5.10. The average Bonchev–Trinajstić information content (AvgIpc) is 2.56. The van der Waals surface area contributed by atoms with Crippen LogP contribution in [-0.4, -0.2) is 21.3 Å². The van der Waals surface area contributed by atoms with Crippen LogP contribution < -0.4 is 5.32 Å². The highest BCUT2D eigenvalue weighted by Gasteiger charge is 2.57. The van der Waals surface area contributed by atoms with Crippen LogP contribution in [0.2, 0.25) is 5.28 Å². The molecule has 1 aromatic rings. The van der Waals surface area contributed by atoms with Crippen LogP contribution in [0.3, 0.4) is 0 Å². The zero-order valence-electron chi connectivity index (χ0n) is 8.79. The van der Waals surface area contributed by atoms with Gasteiger partial charge in [-0.1, -0.05) is 0 Å². The highest BCUT2D eigenvalue weighted by atomic mass is 35.5. The summed E-state index contributed by atoms with van der Waals surface area (Å²) in [6.07, 6.45) is 4.96. The van der Waals surface area contributed by atoms with Crippen molar-refractivity contribution in [2.24, 2.45) is 5.92 Å². The van der Waals surface area contributed by atoms with Gasteiger partial charge in [0.25, 0.3) is 0 Å². The highest BCUT2D eigenvalue weighted by molar-refractivity contribution is 7.99. The molecule has 0 spiro atoms. The molecular formula is C11H12ClN3S. The molecule has 0 radical (unpaired) electrons. The summed E-state index contributed by atoms with van der Waals surface area (Å²) in [5.74, 6) is 3.07. The van der Waals surface area contributed by atoms with Gasteiger partial charge in [0.15, 0.2) is 0 Å². The van der Waals surface area contributed by atoms with Crippen LogP contribution in [-0.2, 0) is 6.42 Å². The summed E-state index contributed by atoms with van der Waals surface area (Å²) < 4.78 is 0. The van der Waals surface area contributed by atoms with Gasteiger partial charge in [-0.3, -0.25) is 0 Å². The summed E-state index contributed by atoms with van der Waals surface area (Å²) in [5.41, 5.74) is 1.48. The molecule has 1 aromatic heterocycles. The standard InChI is InChI=1S/C11H12ClN3S/c12-10-13-7-1-2-16-8(7)9(14-10)15-11-3-6(4-11)5-11/h6H,1-5H2,(H,13,14,15). The third-order valence-electron chi connectivity index (χ3n) is 3.92. The van der Waals surface area contributed by atoms with Crippen LogP contribution >= 0.6 is 23.4 Å². The highest BCUT2D eigenvalue weighted by Crippen LogP contribution is 2.59. The average molecular weight is 254 g/mol. The number of fused-ring (bicyclic) bond motifs is 1. The fourth-order valence-corrected chi connectivity index (χ4v) is 4.24. The Kier molecular flexibility index (Phi) is 1.82. The van der Waals surface area contributed by atoms with Crippen LogP contribution in [0.15, 0.2) is 4.90 Å². The van der Waals surface area contributed by atoms with Gasteiger partial charge in [-0.2, -0.15) is 4.98 Å². The number of aromatic nitrogens is 2. The maximum absolute atomic E-state index is 5.96. The van der Waals surface area contributed by atoms with E-state index in [1.807, 2.05) is 11.8 Å². The lowest BCUT2D eigenvalue weighted by molar-refractivity contribution is 0.00158. The van der Waals surface area contributed by atoms with Crippen molar-refractivity contribution in [1.82, 2.24) is 9.97 Å². The Morgan fingerprint density at radius 2 is 2.12 bits per heavy atom. The minimum absolute atomic E-state index is 0.360. The van der Waals surface area contributed by atoms with E-state index in [-0.39, 0.29) is 0 Å². The number of aryl methyl sites for hydroxylation is 1. The van der Waals surface area contributed by atoms with Crippen molar-refractivity contribution in [3.05, 3.63) is 11.0 Å². The second-order valence-corrected chi connectivity index (χ2v) is 6.54. The summed E-state index contributed by atoms with van der Waals surface area (Å²) in [7, 11) is 0. The maximum atomic E-state index is 5.96. The second kappa shape index (κ2) is 3.05. The molecule has 5 rings (SSSR count). The molecular weight excluding hydrogens is 242 g/mol. The molecule has 0 saturated heterocycles. The van der Waals surface area contributed by atoms with Crippen LogP contribution in [0.25, 0.3) is 0 Å². The molecule has 5 heteroatoms. The Bertz CT molecular complexity index is 460. The van der Waals surface area contributed by atoms with Crippen molar-refractivity contribution < 1.29 is 0 Å². The molecule has 2 bridgehead atoms. The van der Waals surface area contributed by atoms with E-state index >= 15 is 0 Å². The van der Waals surface area contributed by atoms with Crippen LogP contribution in [0.5, 0.6) is 0 Å². The first-order chi connectivity index (χ1) is 7.74. The molecule has 0 atom stereocenters. The minimum Gasteiger partial charge on any atom is -0.364 e. The molecule has 3 aliphatic carbocycles. The lowest BCUT2D eigenvalue weighted by Gasteiger charge is -2.62. The molecule has 2 heterocycles. The molecule has 0 amide bonds. The van der Waals surface area contributed by atoms with Gasteiger partial charge in [0.2, 0.25) is 5.28 Å². The first kappa shape index (κ1) is 9.54. The third-order valence-corrected chi connectivity index (χ3v) is 5.21. The molecule has 16 heavy (non-hydrogen) atoms. The Labute approximate surface area is 103 Å². The molecule has 1 aliphatic heterocycles. The first-order valence-corrected chi connectivity index (χ1v) is 7.08. The van der Waals surface area contributed by atoms with E-state index in [0.29, 0.717) is 10.8 Å². The van der Waals surface area contributed by atoms with Gasteiger partial charge in [0.1, 0.15) is 5.82 Å². The quantitative estimate of drug-likeness (QED) is 0.823. The third kappa shape index (κ3) is 1.23. The Morgan fingerprint density at radius 3 is 2.81 bits per heavy atom. The fourth-order valence-electron chi connectivity index (χ4n) is 3.01. The lowest BCUT2D eigenvalue weighted by Crippen LogP contribution is -2.63. The topological polar surface area (TPSA) is 37.8 Å². The molecule has 4 aliphatic rings. The normalized spacial score (nSPS) is 33.9. The molecule has 3 nitrogen and oxygen atoms in total.